The van der Waals surface area contributed by atoms with Gasteiger partial charge in [-0.15, -0.1) is 0 Å². The predicted molar refractivity (Wildman–Crippen MR) is 45.7 cm³/mol. The lowest BCUT2D eigenvalue weighted by molar-refractivity contribution is -0.149. The van der Waals surface area contributed by atoms with Crippen molar-refractivity contribution in [3.8, 4) is 0 Å². The van der Waals surface area contributed by atoms with Crippen molar-refractivity contribution in [3.05, 3.63) is 11.7 Å². The van der Waals surface area contributed by atoms with Crippen molar-refractivity contribution >= 4 is 5.97 Å². The lowest BCUT2D eigenvalue weighted by Crippen LogP contribution is -2.18. The Balaban J connectivity index is 4.58. The first kappa shape index (κ1) is 14.9. The van der Waals surface area contributed by atoms with E-state index in [1.54, 1.807) is 13.8 Å². The monoisotopic (exact) mass is 246 g/mol. The SMILES string of the molecule is CC(C)COC(=O)C(CC(F)(F)F)=C(F)F. The summed E-state index contributed by atoms with van der Waals surface area (Å²) < 4.78 is 64.0. The summed E-state index contributed by atoms with van der Waals surface area (Å²) in [7, 11) is 0. The van der Waals surface area contributed by atoms with Gasteiger partial charge in [-0.25, -0.2) is 4.79 Å². The van der Waals surface area contributed by atoms with Gasteiger partial charge in [0.25, 0.3) is 6.08 Å². The zero-order valence-corrected chi connectivity index (χ0v) is 8.70. The summed E-state index contributed by atoms with van der Waals surface area (Å²) in [4.78, 5) is 10.9. The number of carbonyl (C=O) groups is 1. The average molecular weight is 246 g/mol. The second-order valence-corrected chi connectivity index (χ2v) is 3.52. The molecule has 0 aliphatic heterocycles. The van der Waals surface area contributed by atoms with Gasteiger partial charge in [-0.1, -0.05) is 13.8 Å². The van der Waals surface area contributed by atoms with E-state index >= 15 is 0 Å². The van der Waals surface area contributed by atoms with E-state index in [-0.39, 0.29) is 12.5 Å². The van der Waals surface area contributed by atoms with Crippen molar-refractivity contribution in [1.29, 1.82) is 0 Å². The highest BCUT2D eigenvalue weighted by Crippen LogP contribution is 2.27. The fraction of sp³-hybridized carbons (Fsp3) is 0.667. The third-order valence-corrected chi connectivity index (χ3v) is 1.40. The Kier molecular flexibility index (Phi) is 5.40. The molecule has 0 aromatic carbocycles. The van der Waals surface area contributed by atoms with Crippen molar-refractivity contribution < 1.29 is 31.5 Å². The van der Waals surface area contributed by atoms with Crippen LogP contribution >= 0.6 is 0 Å². The van der Waals surface area contributed by atoms with Crippen LogP contribution in [0.3, 0.4) is 0 Å². The van der Waals surface area contributed by atoms with Crippen LogP contribution in [-0.2, 0) is 9.53 Å². The van der Waals surface area contributed by atoms with E-state index in [1.807, 2.05) is 0 Å². The molecule has 0 aliphatic carbocycles. The van der Waals surface area contributed by atoms with Crippen molar-refractivity contribution in [2.75, 3.05) is 6.61 Å². The number of halogens is 5. The smallest absolute Gasteiger partial charge is 0.393 e. The largest absolute Gasteiger partial charge is 0.462 e. The number of esters is 1. The number of carbonyl (C=O) groups excluding carboxylic acids is 1. The van der Waals surface area contributed by atoms with Crippen LogP contribution in [0.2, 0.25) is 0 Å². The second-order valence-electron chi connectivity index (χ2n) is 3.52. The van der Waals surface area contributed by atoms with Crippen LogP contribution < -0.4 is 0 Å². The Bertz CT molecular complexity index is 276. The summed E-state index contributed by atoms with van der Waals surface area (Å²) in [6.07, 6.45) is -9.51. The molecule has 0 aliphatic rings. The van der Waals surface area contributed by atoms with Gasteiger partial charge in [-0.2, -0.15) is 22.0 Å². The summed E-state index contributed by atoms with van der Waals surface area (Å²) in [5, 5.41) is 0. The quantitative estimate of drug-likeness (QED) is 0.432. The van der Waals surface area contributed by atoms with E-state index in [1.165, 1.54) is 0 Å². The molecular weight excluding hydrogens is 235 g/mol. The third kappa shape index (κ3) is 6.36. The maximum Gasteiger partial charge on any atom is 0.393 e. The zero-order valence-electron chi connectivity index (χ0n) is 8.70. The van der Waals surface area contributed by atoms with Crippen LogP contribution in [0.15, 0.2) is 11.7 Å². The highest BCUT2D eigenvalue weighted by atomic mass is 19.4. The van der Waals surface area contributed by atoms with E-state index in [0.717, 1.165) is 0 Å². The number of rotatable bonds is 4. The number of ether oxygens (including phenoxy) is 1. The number of hydrogen-bond acceptors (Lipinski definition) is 2. The molecule has 2 nitrogen and oxygen atoms in total. The minimum absolute atomic E-state index is 0.140. The molecular formula is C9H11F5O2. The molecule has 16 heavy (non-hydrogen) atoms. The Morgan fingerprint density at radius 3 is 2.06 bits per heavy atom. The van der Waals surface area contributed by atoms with Crippen LogP contribution in [0.5, 0.6) is 0 Å². The standard InChI is InChI=1S/C9H11F5O2/c1-5(2)4-16-8(15)6(7(10)11)3-9(12,13)14/h5H,3-4H2,1-2H3. The lowest BCUT2D eigenvalue weighted by atomic mass is 10.2. The molecule has 0 saturated heterocycles. The first-order valence-electron chi connectivity index (χ1n) is 4.41. The summed E-state index contributed by atoms with van der Waals surface area (Å²) in [5.74, 6) is -1.76. The van der Waals surface area contributed by atoms with E-state index < -0.39 is 30.2 Å². The summed E-state index contributed by atoms with van der Waals surface area (Å²) >= 11 is 0. The summed E-state index contributed by atoms with van der Waals surface area (Å²) in [6, 6.07) is 0. The van der Waals surface area contributed by atoms with Gasteiger partial charge in [-0.3, -0.25) is 0 Å². The second kappa shape index (κ2) is 5.81. The van der Waals surface area contributed by atoms with E-state index in [4.69, 9.17) is 0 Å². The molecule has 0 N–H and O–H groups in total. The van der Waals surface area contributed by atoms with Gasteiger partial charge < -0.3 is 4.74 Å². The van der Waals surface area contributed by atoms with Crippen LogP contribution in [0, 0.1) is 5.92 Å². The van der Waals surface area contributed by atoms with Gasteiger partial charge in [0, 0.05) is 0 Å². The molecule has 0 heterocycles. The Morgan fingerprint density at radius 1 is 1.25 bits per heavy atom. The van der Waals surface area contributed by atoms with Gasteiger partial charge in [0.2, 0.25) is 0 Å². The average Bonchev–Trinajstić information content (AvgIpc) is 2.08. The first-order valence-corrected chi connectivity index (χ1v) is 4.41. The molecule has 0 radical (unpaired) electrons. The Morgan fingerprint density at radius 2 is 1.75 bits per heavy atom. The van der Waals surface area contributed by atoms with Crippen LogP contribution in [0.25, 0.3) is 0 Å². The lowest BCUT2D eigenvalue weighted by Gasteiger charge is -2.10. The van der Waals surface area contributed by atoms with E-state index in [2.05, 4.69) is 4.74 Å². The fourth-order valence-electron chi connectivity index (χ4n) is 0.746. The predicted octanol–water partition coefficient (Wildman–Crippen LogP) is 3.29. The normalized spacial score (nSPS) is 11.5. The van der Waals surface area contributed by atoms with E-state index in [0.29, 0.717) is 0 Å². The third-order valence-electron chi connectivity index (χ3n) is 1.40. The maximum atomic E-state index is 12.1. The molecule has 94 valence electrons. The van der Waals surface area contributed by atoms with Gasteiger partial charge in [0.05, 0.1) is 13.0 Å². The van der Waals surface area contributed by atoms with Crippen molar-refractivity contribution in [2.24, 2.45) is 5.92 Å². The maximum absolute atomic E-state index is 12.1. The van der Waals surface area contributed by atoms with Crippen molar-refractivity contribution in [2.45, 2.75) is 26.4 Å². The van der Waals surface area contributed by atoms with Crippen LogP contribution in [0.4, 0.5) is 22.0 Å². The molecule has 0 fully saturated rings. The Hall–Kier alpha value is -1.14. The minimum atomic E-state index is -4.87. The molecule has 0 bridgehead atoms. The molecule has 0 rings (SSSR count). The molecule has 0 unspecified atom stereocenters. The zero-order chi connectivity index (χ0) is 12.9. The summed E-state index contributed by atoms with van der Waals surface area (Å²) in [6.45, 7) is 3.06. The van der Waals surface area contributed by atoms with Crippen LogP contribution in [0.1, 0.15) is 20.3 Å². The fourth-order valence-corrected chi connectivity index (χ4v) is 0.746. The molecule has 0 spiro atoms. The van der Waals surface area contributed by atoms with E-state index in [9.17, 15) is 26.7 Å². The molecule has 0 aromatic rings. The Labute approximate surface area is 89.1 Å². The molecule has 0 amide bonds. The number of hydrogen-bond donors (Lipinski definition) is 0. The van der Waals surface area contributed by atoms with Crippen molar-refractivity contribution in [1.82, 2.24) is 0 Å². The minimum Gasteiger partial charge on any atom is -0.462 e. The molecule has 0 saturated carbocycles. The molecule has 0 atom stereocenters. The van der Waals surface area contributed by atoms with Crippen molar-refractivity contribution in [3.63, 3.8) is 0 Å². The highest BCUT2D eigenvalue weighted by Gasteiger charge is 2.34. The molecule has 7 heteroatoms. The van der Waals surface area contributed by atoms with Gasteiger partial charge in [0.1, 0.15) is 5.57 Å². The van der Waals surface area contributed by atoms with Gasteiger partial charge in [0.15, 0.2) is 0 Å². The number of alkyl halides is 3. The summed E-state index contributed by atoms with van der Waals surface area (Å²) in [5.41, 5.74) is -1.63. The first-order chi connectivity index (χ1) is 7.13. The topological polar surface area (TPSA) is 26.3 Å². The highest BCUT2D eigenvalue weighted by molar-refractivity contribution is 5.88. The molecule has 0 aromatic heterocycles. The van der Waals surface area contributed by atoms with Gasteiger partial charge >= 0.3 is 12.1 Å². The van der Waals surface area contributed by atoms with Gasteiger partial charge in [-0.05, 0) is 5.92 Å². The van der Waals surface area contributed by atoms with Crippen LogP contribution in [-0.4, -0.2) is 18.8 Å².